The Morgan fingerprint density at radius 3 is 2.23 bits per heavy atom. The molecule has 1 fully saturated rings. The van der Waals surface area contributed by atoms with Crippen LogP contribution in [0, 0.1) is 11.8 Å². The average molecular weight is 179 g/mol. The first-order valence-corrected chi connectivity index (χ1v) is 5.11. The normalized spacial score (nSPS) is 30.2. The molecule has 1 aliphatic rings. The monoisotopic (exact) mass is 179 g/mol. The van der Waals surface area contributed by atoms with Crippen LogP contribution >= 0.6 is 0 Å². The van der Waals surface area contributed by atoms with Gasteiger partial charge in [-0.2, -0.15) is 0 Å². The lowest BCUT2D eigenvalue weighted by atomic mass is 9.71. The van der Waals surface area contributed by atoms with Crippen LogP contribution in [0.15, 0.2) is 22.4 Å². The molecule has 1 atom stereocenters. The predicted molar refractivity (Wildman–Crippen MR) is 58.2 cm³/mol. The van der Waals surface area contributed by atoms with Crippen LogP contribution in [-0.2, 0) is 0 Å². The minimum absolute atomic E-state index is 0.645. The Hall–Kier alpha value is -0.720. The van der Waals surface area contributed by atoms with Gasteiger partial charge in [0, 0.05) is 5.70 Å². The second-order valence-electron chi connectivity index (χ2n) is 4.52. The third kappa shape index (κ3) is 1.79. The maximum Gasteiger partial charge on any atom is 0.00845 e. The van der Waals surface area contributed by atoms with E-state index in [1.807, 2.05) is 6.92 Å². The first kappa shape index (κ1) is 10.4. The summed E-state index contributed by atoms with van der Waals surface area (Å²) in [5, 5.41) is 0. The topological polar surface area (TPSA) is 26.0 Å². The van der Waals surface area contributed by atoms with Gasteiger partial charge in [0.05, 0.1) is 0 Å². The van der Waals surface area contributed by atoms with E-state index in [2.05, 4.69) is 27.7 Å². The number of rotatable bonds is 1. The van der Waals surface area contributed by atoms with Crippen LogP contribution in [0.25, 0.3) is 0 Å². The molecule has 0 spiro atoms. The summed E-state index contributed by atoms with van der Waals surface area (Å²) in [5.74, 6) is 1.36. The molecule has 0 saturated heterocycles. The SMILES string of the molecule is C/C(N)=C1/CC(C)/C1=C(/C)C(C)C. The molecule has 0 aromatic carbocycles. The van der Waals surface area contributed by atoms with Crippen molar-refractivity contribution < 1.29 is 0 Å². The molecule has 0 aromatic heterocycles. The average Bonchev–Trinajstić information content (AvgIpc) is 1.99. The molecule has 1 aliphatic carbocycles. The Bertz CT molecular complexity index is 265. The number of hydrogen-bond donors (Lipinski definition) is 1. The molecular weight excluding hydrogens is 158 g/mol. The molecule has 0 aliphatic heterocycles. The molecule has 13 heavy (non-hydrogen) atoms. The zero-order valence-corrected chi connectivity index (χ0v) is 9.44. The fourth-order valence-electron chi connectivity index (χ4n) is 2.00. The highest BCUT2D eigenvalue weighted by Crippen LogP contribution is 2.43. The summed E-state index contributed by atoms with van der Waals surface area (Å²) in [6.07, 6.45) is 1.17. The summed E-state index contributed by atoms with van der Waals surface area (Å²) in [4.78, 5) is 0. The molecule has 2 N–H and O–H groups in total. The lowest BCUT2D eigenvalue weighted by Crippen LogP contribution is -2.22. The molecule has 1 unspecified atom stereocenters. The fraction of sp³-hybridized carbons (Fsp3) is 0.667. The quantitative estimate of drug-likeness (QED) is 0.657. The van der Waals surface area contributed by atoms with Crippen molar-refractivity contribution in [3.63, 3.8) is 0 Å². The smallest absolute Gasteiger partial charge is 0.00845 e. The molecule has 0 heterocycles. The first-order valence-electron chi connectivity index (χ1n) is 5.11. The second kappa shape index (κ2) is 3.57. The van der Waals surface area contributed by atoms with Gasteiger partial charge in [0.25, 0.3) is 0 Å². The largest absolute Gasteiger partial charge is 0.402 e. The highest BCUT2D eigenvalue weighted by molar-refractivity contribution is 5.47. The van der Waals surface area contributed by atoms with E-state index in [4.69, 9.17) is 5.73 Å². The zero-order chi connectivity index (χ0) is 10.2. The lowest BCUT2D eigenvalue weighted by Gasteiger charge is -2.34. The van der Waals surface area contributed by atoms with Crippen LogP contribution < -0.4 is 5.73 Å². The van der Waals surface area contributed by atoms with Crippen LogP contribution in [0.4, 0.5) is 0 Å². The Morgan fingerprint density at radius 2 is 1.92 bits per heavy atom. The zero-order valence-electron chi connectivity index (χ0n) is 9.44. The van der Waals surface area contributed by atoms with Crippen molar-refractivity contribution in [2.75, 3.05) is 0 Å². The van der Waals surface area contributed by atoms with Crippen molar-refractivity contribution >= 4 is 0 Å². The Kier molecular flexibility index (Phi) is 2.84. The predicted octanol–water partition coefficient (Wildman–Crippen LogP) is 3.23. The van der Waals surface area contributed by atoms with Gasteiger partial charge >= 0.3 is 0 Å². The minimum atomic E-state index is 0.645. The van der Waals surface area contributed by atoms with Crippen molar-refractivity contribution in [1.82, 2.24) is 0 Å². The van der Waals surface area contributed by atoms with Gasteiger partial charge in [-0.3, -0.25) is 0 Å². The van der Waals surface area contributed by atoms with Gasteiger partial charge in [-0.15, -0.1) is 0 Å². The van der Waals surface area contributed by atoms with Crippen molar-refractivity contribution in [2.24, 2.45) is 17.6 Å². The molecular formula is C12H21N. The summed E-state index contributed by atoms with van der Waals surface area (Å²) in [6.45, 7) is 11.0. The summed E-state index contributed by atoms with van der Waals surface area (Å²) in [5.41, 5.74) is 11.3. The van der Waals surface area contributed by atoms with Gasteiger partial charge in [-0.25, -0.2) is 0 Å². The van der Waals surface area contributed by atoms with Crippen molar-refractivity contribution in [3.05, 3.63) is 22.4 Å². The molecule has 1 nitrogen and oxygen atoms in total. The molecule has 0 radical (unpaired) electrons. The standard InChI is InChI=1S/C12H21N/c1-7(2)9(4)12-8(3)6-11(12)10(5)13/h7-8H,6,13H2,1-5H3/b11-10+,12-9+. The minimum Gasteiger partial charge on any atom is -0.402 e. The highest BCUT2D eigenvalue weighted by Gasteiger charge is 2.29. The van der Waals surface area contributed by atoms with E-state index in [-0.39, 0.29) is 0 Å². The maximum absolute atomic E-state index is 5.83. The molecule has 1 rings (SSSR count). The van der Waals surface area contributed by atoms with Crippen molar-refractivity contribution in [1.29, 1.82) is 0 Å². The van der Waals surface area contributed by atoms with Crippen LogP contribution in [-0.4, -0.2) is 0 Å². The van der Waals surface area contributed by atoms with E-state index >= 15 is 0 Å². The number of allylic oxidation sites excluding steroid dienone is 4. The summed E-state index contributed by atoms with van der Waals surface area (Å²) >= 11 is 0. The molecule has 0 aromatic rings. The summed E-state index contributed by atoms with van der Waals surface area (Å²) in [6, 6.07) is 0. The second-order valence-corrected chi connectivity index (χ2v) is 4.52. The van der Waals surface area contributed by atoms with Gasteiger partial charge in [0.15, 0.2) is 0 Å². The van der Waals surface area contributed by atoms with Gasteiger partial charge in [-0.05, 0) is 43.3 Å². The first-order chi connectivity index (χ1) is 5.95. The highest BCUT2D eigenvalue weighted by atomic mass is 14.6. The maximum atomic E-state index is 5.83. The summed E-state index contributed by atoms with van der Waals surface area (Å²) in [7, 11) is 0. The van der Waals surface area contributed by atoms with E-state index in [0.717, 1.165) is 11.6 Å². The van der Waals surface area contributed by atoms with E-state index in [1.54, 1.807) is 0 Å². The molecule has 1 heteroatoms. The van der Waals surface area contributed by atoms with Crippen LogP contribution in [0.3, 0.4) is 0 Å². The van der Waals surface area contributed by atoms with Crippen LogP contribution in [0.1, 0.15) is 41.0 Å². The third-order valence-electron chi connectivity index (χ3n) is 3.10. The Morgan fingerprint density at radius 1 is 1.38 bits per heavy atom. The molecule has 0 amide bonds. The van der Waals surface area contributed by atoms with Crippen LogP contribution in [0.5, 0.6) is 0 Å². The molecule has 1 saturated carbocycles. The fourth-order valence-corrected chi connectivity index (χ4v) is 2.00. The van der Waals surface area contributed by atoms with E-state index in [1.165, 1.54) is 23.1 Å². The van der Waals surface area contributed by atoms with Crippen molar-refractivity contribution in [2.45, 2.75) is 41.0 Å². The number of nitrogens with two attached hydrogens (primary N) is 1. The van der Waals surface area contributed by atoms with Gasteiger partial charge < -0.3 is 5.73 Å². The van der Waals surface area contributed by atoms with Crippen LogP contribution in [0.2, 0.25) is 0 Å². The third-order valence-corrected chi connectivity index (χ3v) is 3.10. The molecule has 74 valence electrons. The van der Waals surface area contributed by atoms with Crippen molar-refractivity contribution in [3.8, 4) is 0 Å². The van der Waals surface area contributed by atoms with E-state index < -0.39 is 0 Å². The summed E-state index contributed by atoms with van der Waals surface area (Å²) < 4.78 is 0. The Labute approximate surface area is 81.7 Å². The van der Waals surface area contributed by atoms with Gasteiger partial charge in [0.1, 0.15) is 0 Å². The van der Waals surface area contributed by atoms with Gasteiger partial charge in [0.2, 0.25) is 0 Å². The lowest BCUT2D eigenvalue weighted by molar-refractivity contribution is 0.558. The number of hydrogen-bond acceptors (Lipinski definition) is 1. The Balaban J connectivity index is 3.03. The van der Waals surface area contributed by atoms with E-state index in [0.29, 0.717) is 5.92 Å². The van der Waals surface area contributed by atoms with E-state index in [9.17, 15) is 0 Å². The molecule has 0 bridgehead atoms. The van der Waals surface area contributed by atoms with Gasteiger partial charge in [-0.1, -0.05) is 26.3 Å².